The average Bonchev–Trinajstić information content (AvgIpc) is 3.65. The lowest BCUT2D eigenvalue weighted by atomic mass is 9.77. The number of nitrogens with zero attached hydrogens (tertiary/aromatic N) is 4. The number of hydrogen-bond donors (Lipinski definition) is 0. The van der Waals surface area contributed by atoms with E-state index in [2.05, 4.69) is 112 Å². The molecule has 0 aliphatic heterocycles. The molecule has 1 fully saturated rings. The number of rotatable bonds is 5. The zero-order chi connectivity index (χ0) is 23.2. The van der Waals surface area contributed by atoms with Crippen LogP contribution in [0.2, 0.25) is 0 Å². The van der Waals surface area contributed by atoms with Crippen molar-refractivity contribution in [1.82, 2.24) is 14.8 Å². The summed E-state index contributed by atoms with van der Waals surface area (Å²) in [4.78, 5) is 4.79. The Morgan fingerprint density at radius 1 is 0.824 bits per heavy atom. The van der Waals surface area contributed by atoms with Crippen molar-refractivity contribution < 1.29 is 0 Å². The summed E-state index contributed by atoms with van der Waals surface area (Å²) in [7, 11) is 0. The molecular formula is C29H21IN4. The van der Waals surface area contributed by atoms with E-state index in [1.807, 2.05) is 24.4 Å². The lowest BCUT2D eigenvalue weighted by molar-refractivity contribution is 0.473. The second kappa shape index (κ2) is 8.07. The van der Waals surface area contributed by atoms with Crippen molar-refractivity contribution in [3.63, 3.8) is 0 Å². The maximum atomic E-state index is 9.72. The first-order valence-electron chi connectivity index (χ1n) is 11.3. The average molecular weight is 552 g/mol. The molecule has 0 spiro atoms. The Kier molecular flexibility index (Phi) is 5.00. The van der Waals surface area contributed by atoms with Gasteiger partial charge in [-0.15, -0.1) is 0 Å². The van der Waals surface area contributed by atoms with Crippen LogP contribution in [0.15, 0.2) is 103 Å². The Hall–Kier alpha value is -3.50. The van der Waals surface area contributed by atoms with Gasteiger partial charge < -0.3 is 0 Å². The van der Waals surface area contributed by atoms with Crippen LogP contribution in [0.5, 0.6) is 0 Å². The monoisotopic (exact) mass is 552 g/mol. The van der Waals surface area contributed by atoms with Gasteiger partial charge in [0.05, 0.1) is 28.9 Å². The van der Waals surface area contributed by atoms with Gasteiger partial charge in [-0.05, 0) is 58.2 Å². The maximum Gasteiger partial charge on any atom is 0.138 e. The molecule has 0 atom stereocenters. The minimum atomic E-state index is -0.693. The van der Waals surface area contributed by atoms with Crippen molar-refractivity contribution in [3.05, 3.63) is 129 Å². The van der Waals surface area contributed by atoms with Gasteiger partial charge in [0.15, 0.2) is 0 Å². The van der Waals surface area contributed by atoms with Gasteiger partial charge >= 0.3 is 0 Å². The number of halogens is 1. The minimum Gasteiger partial charge on any atom is -0.257 e. The summed E-state index contributed by atoms with van der Waals surface area (Å²) in [6.45, 7) is 0. The molecule has 0 radical (unpaired) electrons. The van der Waals surface area contributed by atoms with Gasteiger partial charge in [0.2, 0.25) is 0 Å². The first kappa shape index (κ1) is 21.1. The minimum absolute atomic E-state index is 0.436. The van der Waals surface area contributed by atoms with Gasteiger partial charge in [0, 0.05) is 5.39 Å². The van der Waals surface area contributed by atoms with E-state index in [1.54, 1.807) is 0 Å². The molecule has 1 saturated carbocycles. The van der Waals surface area contributed by atoms with Crippen molar-refractivity contribution in [2.24, 2.45) is 0 Å². The Morgan fingerprint density at radius 2 is 1.32 bits per heavy atom. The molecule has 5 aromatic rings. The van der Waals surface area contributed by atoms with Crippen LogP contribution >= 0.6 is 22.6 Å². The largest absolute Gasteiger partial charge is 0.257 e. The molecule has 0 saturated heterocycles. The third-order valence-corrected chi connectivity index (χ3v) is 7.66. The molecule has 6 rings (SSSR count). The van der Waals surface area contributed by atoms with Crippen molar-refractivity contribution in [3.8, 4) is 6.07 Å². The lowest BCUT2D eigenvalue weighted by Crippen LogP contribution is -2.38. The summed E-state index contributed by atoms with van der Waals surface area (Å²) >= 11 is 2.31. The van der Waals surface area contributed by atoms with E-state index in [0.29, 0.717) is 0 Å². The van der Waals surface area contributed by atoms with E-state index < -0.39 is 11.0 Å². The Labute approximate surface area is 212 Å². The SMILES string of the molecule is N#CC1(c2cc3c(I)nn(C(c4ccccc4)(c4ccccc4)c4ccccc4)c3cn2)CC1. The van der Waals surface area contributed by atoms with Crippen LogP contribution in [0.1, 0.15) is 35.2 Å². The smallest absolute Gasteiger partial charge is 0.138 e. The molecule has 0 unspecified atom stereocenters. The quantitative estimate of drug-likeness (QED) is 0.187. The third kappa shape index (κ3) is 3.09. The molecule has 5 heteroatoms. The highest BCUT2D eigenvalue weighted by atomic mass is 127. The highest BCUT2D eigenvalue weighted by Gasteiger charge is 2.47. The fraction of sp³-hybridized carbons (Fsp3) is 0.138. The zero-order valence-corrected chi connectivity index (χ0v) is 20.6. The van der Waals surface area contributed by atoms with E-state index in [9.17, 15) is 5.26 Å². The first-order chi connectivity index (χ1) is 16.7. The number of hydrogen-bond acceptors (Lipinski definition) is 3. The molecule has 2 aromatic heterocycles. The number of pyridine rings is 1. The standard InChI is InChI=1S/C29H21IN4/c30-27-24-18-26(28(20-31)16-17-28)32-19-25(24)34(33-27)29(21-10-4-1-5-11-21,22-12-6-2-7-13-22)23-14-8-3-9-15-23/h1-15,18-19H,16-17H2. The number of nitriles is 1. The van der Waals surface area contributed by atoms with Crippen LogP contribution in [0, 0.1) is 15.0 Å². The second-order valence-corrected chi connectivity index (χ2v) is 9.81. The predicted octanol–water partition coefficient (Wildman–Crippen LogP) is 6.43. The molecule has 0 N–H and O–H groups in total. The molecule has 34 heavy (non-hydrogen) atoms. The van der Waals surface area contributed by atoms with Crippen LogP contribution in [0.25, 0.3) is 10.9 Å². The van der Waals surface area contributed by atoms with Crippen molar-refractivity contribution >= 4 is 33.5 Å². The number of benzene rings is 3. The molecule has 4 nitrogen and oxygen atoms in total. The first-order valence-corrected chi connectivity index (χ1v) is 12.4. The molecule has 0 amide bonds. The zero-order valence-electron chi connectivity index (χ0n) is 18.4. The molecule has 0 bridgehead atoms. The summed E-state index contributed by atoms with van der Waals surface area (Å²) in [5.74, 6) is 0. The van der Waals surface area contributed by atoms with Gasteiger partial charge in [-0.2, -0.15) is 10.4 Å². The van der Waals surface area contributed by atoms with Crippen LogP contribution < -0.4 is 0 Å². The summed E-state index contributed by atoms with van der Waals surface area (Å²) in [5, 5.41) is 15.9. The summed E-state index contributed by atoms with van der Waals surface area (Å²) in [6.07, 6.45) is 3.64. The van der Waals surface area contributed by atoms with Crippen molar-refractivity contribution in [2.75, 3.05) is 0 Å². The second-order valence-electron chi connectivity index (χ2n) is 8.79. The van der Waals surface area contributed by atoms with Crippen LogP contribution in [-0.4, -0.2) is 14.8 Å². The number of fused-ring (bicyclic) bond motifs is 1. The van der Waals surface area contributed by atoms with Crippen LogP contribution in [-0.2, 0) is 11.0 Å². The van der Waals surface area contributed by atoms with Gasteiger partial charge in [0.25, 0.3) is 0 Å². The summed E-state index contributed by atoms with van der Waals surface area (Å²) < 4.78 is 3.02. The van der Waals surface area contributed by atoms with Gasteiger partial charge in [0.1, 0.15) is 9.24 Å². The van der Waals surface area contributed by atoms with E-state index in [4.69, 9.17) is 10.1 Å². The van der Waals surface area contributed by atoms with Crippen molar-refractivity contribution in [1.29, 1.82) is 5.26 Å². The summed E-state index contributed by atoms with van der Waals surface area (Å²) in [5.41, 5.74) is 4.02. The fourth-order valence-corrected chi connectivity index (χ4v) is 5.60. The van der Waals surface area contributed by atoms with E-state index in [0.717, 1.165) is 49.8 Å². The van der Waals surface area contributed by atoms with Gasteiger partial charge in [-0.25, -0.2) is 4.68 Å². The molecule has 3 aromatic carbocycles. The van der Waals surface area contributed by atoms with E-state index in [1.165, 1.54) is 0 Å². The topological polar surface area (TPSA) is 54.5 Å². The normalized spacial score (nSPS) is 14.6. The Morgan fingerprint density at radius 3 is 1.76 bits per heavy atom. The van der Waals surface area contributed by atoms with Gasteiger partial charge in [-0.1, -0.05) is 91.0 Å². The lowest BCUT2D eigenvalue weighted by Gasteiger charge is -2.36. The Balaban J connectivity index is 1.72. The molecule has 1 aliphatic rings. The maximum absolute atomic E-state index is 9.72. The van der Waals surface area contributed by atoms with E-state index >= 15 is 0 Å². The van der Waals surface area contributed by atoms with Crippen LogP contribution in [0.3, 0.4) is 0 Å². The molecule has 2 heterocycles. The Bertz CT molecular complexity index is 1420. The molecule has 1 aliphatic carbocycles. The predicted molar refractivity (Wildman–Crippen MR) is 141 cm³/mol. The fourth-order valence-electron chi connectivity index (χ4n) is 4.95. The van der Waals surface area contributed by atoms with E-state index in [-0.39, 0.29) is 0 Å². The molecular weight excluding hydrogens is 531 g/mol. The van der Waals surface area contributed by atoms with Crippen LogP contribution in [0.4, 0.5) is 0 Å². The third-order valence-electron chi connectivity index (χ3n) is 6.87. The highest BCUT2D eigenvalue weighted by molar-refractivity contribution is 14.1. The number of aromatic nitrogens is 3. The van der Waals surface area contributed by atoms with Crippen molar-refractivity contribution in [2.45, 2.75) is 23.8 Å². The summed E-state index contributed by atoms with van der Waals surface area (Å²) in [6, 6.07) is 36.1. The highest BCUT2D eigenvalue weighted by Crippen LogP contribution is 2.48. The van der Waals surface area contributed by atoms with Gasteiger partial charge in [-0.3, -0.25) is 4.98 Å². The molecule has 164 valence electrons.